The van der Waals surface area contributed by atoms with Crippen molar-refractivity contribution >= 4 is 0 Å². The van der Waals surface area contributed by atoms with Crippen molar-refractivity contribution in [2.75, 3.05) is 0 Å². The molecule has 0 spiro atoms. The van der Waals surface area contributed by atoms with Crippen LogP contribution in [0.15, 0.2) is 0 Å². The molecule has 1 atom stereocenters. The topological polar surface area (TPSA) is 58.3 Å². The van der Waals surface area contributed by atoms with Crippen molar-refractivity contribution in [3.63, 3.8) is 0 Å². The summed E-state index contributed by atoms with van der Waals surface area (Å²) in [5, 5.41) is 12.0. The second-order valence-electron chi connectivity index (χ2n) is 2.91. The molecule has 4 N–H and O–H groups in total. The molecule has 0 aromatic rings. The molecule has 3 heteroatoms. The standard InChI is InChI=1S/C5H10N2O/c6-5-1-3(2-5)7-4(5)8/h3-4,7-8H,1-2,6H2. The molecule has 0 radical (unpaired) electrons. The van der Waals surface area contributed by atoms with Crippen molar-refractivity contribution in [3.8, 4) is 0 Å². The van der Waals surface area contributed by atoms with Crippen LogP contribution in [-0.2, 0) is 0 Å². The molecule has 1 aliphatic carbocycles. The fourth-order valence-corrected chi connectivity index (χ4v) is 1.59. The molecule has 8 heavy (non-hydrogen) atoms. The van der Waals surface area contributed by atoms with Gasteiger partial charge < -0.3 is 10.8 Å². The Hall–Kier alpha value is -0.120. The monoisotopic (exact) mass is 114 g/mol. The van der Waals surface area contributed by atoms with Gasteiger partial charge in [0.1, 0.15) is 6.23 Å². The summed E-state index contributed by atoms with van der Waals surface area (Å²) in [6.07, 6.45) is 1.47. The van der Waals surface area contributed by atoms with Crippen LogP contribution in [0.5, 0.6) is 0 Å². The third-order valence-corrected chi connectivity index (χ3v) is 2.19. The molecule has 1 unspecified atom stereocenters. The van der Waals surface area contributed by atoms with Crippen LogP contribution in [0.1, 0.15) is 12.8 Å². The highest BCUT2D eigenvalue weighted by molar-refractivity contribution is 5.13. The van der Waals surface area contributed by atoms with Crippen LogP contribution in [0, 0.1) is 0 Å². The number of hydrogen-bond acceptors (Lipinski definition) is 3. The van der Waals surface area contributed by atoms with Crippen LogP contribution in [0.2, 0.25) is 0 Å². The van der Waals surface area contributed by atoms with Crippen molar-refractivity contribution in [1.29, 1.82) is 0 Å². The molecule has 2 saturated heterocycles. The Labute approximate surface area is 47.9 Å². The van der Waals surface area contributed by atoms with Crippen LogP contribution >= 0.6 is 0 Å². The number of nitrogens with two attached hydrogens (primary N) is 1. The molecule has 0 aromatic heterocycles. The molecule has 0 aromatic carbocycles. The van der Waals surface area contributed by atoms with E-state index >= 15 is 0 Å². The Morgan fingerprint density at radius 1 is 1.62 bits per heavy atom. The van der Waals surface area contributed by atoms with E-state index in [0.29, 0.717) is 6.04 Å². The third-order valence-electron chi connectivity index (χ3n) is 2.19. The zero-order valence-corrected chi connectivity index (χ0v) is 4.59. The van der Waals surface area contributed by atoms with Gasteiger partial charge in [-0.1, -0.05) is 0 Å². The summed E-state index contributed by atoms with van der Waals surface area (Å²) in [7, 11) is 0. The second-order valence-corrected chi connectivity index (χ2v) is 2.91. The van der Waals surface area contributed by atoms with Crippen molar-refractivity contribution in [1.82, 2.24) is 5.32 Å². The van der Waals surface area contributed by atoms with Gasteiger partial charge in [0.2, 0.25) is 0 Å². The highest BCUT2D eigenvalue weighted by Gasteiger charge is 2.54. The highest BCUT2D eigenvalue weighted by atomic mass is 16.3. The molecular formula is C5H10N2O. The molecule has 2 heterocycles. The Morgan fingerprint density at radius 3 is 2.38 bits per heavy atom. The van der Waals surface area contributed by atoms with Gasteiger partial charge in [0, 0.05) is 6.04 Å². The lowest BCUT2D eigenvalue weighted by Crippen LogP contribution is -2.52. The van der Waals surface area contributed by atoms with Gasteiger partial charge in [0.05, 0.1) is 5.54 Å². The molecule has 46 valence electrons. The third kappa shape index (κ3) is 0.354. The van der Waals surface area contributed by atoms with Crippen molar-refractivity contribution in [3.05, 3.63) is 0 Å². The summed E-state index contributed by atoms with van der Waals surface area (Å²) < 4.78 is 0. The van der Waals surface area contributed by atoms with E-state index in [1.54, 1.807) is 0 Å². The van der Waals surface area contributed by atoms with Crippen molar-refractivity contribution in [2.45, 2.75) is 30.7 Å². The maximum Gasteiger partial charge on any atom is 0.123 e. The van der Waals surface area contributed by atoms with Gasteiger partial charge >= 0.3 is 0 Å². The van der Waals surface area contributed by atoms with Gasteiger partial charge in [0.15, 0.2) is 0 Å². The first-order valence-corrected chi connectivity index (χ1v) is 2.94. The normalized spacial score (nSPS) is 60.8. The lowest BCUT2D eigenvalue weighted by molar-refractivity contribution is 0.0994. The minimum Gasteiger partial charge on any atom is -0.377 e. The fraction of sp³-hybridized carbons (Fsp3) is 1.00. The Kier molecular flexibility index (Phi) is 0.635. The average Bonchev–Trinajstić information content (AvgIpc) is 1.90. The number of aliphatic hydroxyl groups excluding tert-OH is 1. The van der Waals surface area contributed by atoms with Crippen LogP contribution in [0.4, 0.5) is 0 Å². The molecule has 3 aliphatic rings. The minimum absolute atomic E-state index is 0.259. The van der Waals surface area contributed by atoms with E-state index in [2.05, 4.69) is 5.32 Å². The van der Waals surface area contributed by atoms with E-state index in [9.17, 15) is 0 Å². The number of hydrogen-bond donors (Lipinski definition) is 3. The zero-order chi connectivity index (χ0) is 5.78. The van der Waals surface area contributed by atoms with E-state index < -0.39 is 6.23 Å². The zero-order valence-electron chi connectivity index (χ0n) is 4.59. The van der Waals surface area contributed by atoms with E-state index in [0.717, 1.165) is 12.8 Å². The van der Waals surface area contributed by atoms with Crippen LogP contribution in [0.25, 0.3) is 0 Å². The molecule has 1 saturated carbocycles. The smallest absolute Gasteiger partial charge is 0.123 e. The van der Waals surface area contributed by atoms with Crippen LogP contribution in [0.3, 0.4) is 0 Å². The summed E-state index contributed by atoms with van der Waals surface area (Å²) in [6.45, 7) is 0. The fourth-order valence-electron chi connectivity index (χ4n) is 1.59. The average molecular weight is 114 g/mol. The van der Waals surface area contributed by atoms with Crippen LogP contribution in [-0.4, -0.2) is 22.9 Å². The van der Waals surface area contributed by atoms with Gasteiger partial charge in [-0.15, -0.1) is 0 Å². The molecule has 2 bridgehead atoms. The Morgan fingerprint density at radius 2 is 2.25 bits per heavy atom. The number of fused-ring (bicyclic) bond motifs is 1. The summed E-state index contributed by atoms with van der Waals surface area (Å²) in [5.74, 6) is 0. The van der Waals surface area contributed by atoms with Gasteiger partial charge in [-0.25, -0.2) is 0 Å². The SMILES string of the molecule is NC12CC(C1)NC2O. The quantitative estimate of drug-likeness (QED) is 0.369. The summed E-state index contributed by atoms with van der Waals surface area (Å²) in [5.41, 5.74) is 5.42. The molecule has 2 aliphatic heterocycles. The molecular weight excluding hydrogens is 104 g/mol. The maximum absolute atomic E-state index is 9.06. The Balaban J connectivity index is 2.21. The molecule has 3 rings (SSSR count). The van der Waals surface area contributed by atoms with Crippen molar-refractivity contribution in [2.24, 2.45) is 5.73 Å². The molecule has 0 amide bonds. The number of aliphatic hydroxyl groups is 1. The Bertz CT molecular complexity index is 117. The van der Waals surface area contributed by atoms with E-state index in [4.69, 9.17) is 10.8 Å². The molecule has 3 nitrogen and oxygen atoms in total. The first kappa shape index (κ1) is 4.73. The first-order chi connectivity index (χ1) is 3.71. The van der Waals surface area contributed by atoms with Crippen LogP contribution < -0.4 is 11.1 Å². The minimum atomic E-state index is -0.438. The summed E-state index contributed by atoms with van der Waals surface area (Å²) in [6, 6.07) is 0.509. The van der Waals surface area contributed by atoms with E-state index in [-0.39, 0.29) is 5.54 Å². The van der Waals surface area contributed by atoms with Gasteiger partial charge in [-0.2, -0.15) is 0 Å². The lowest BCUT2D eigenvalue weighted by atomic mass is 9.78. The second kappa shape index (κ2) is 1.07. The summed E-state index contributed by atoms with van der Waals surface area (Å²) in [4.78, 5) is 0. The predicted molar refractivity (Wildman–Crippen MR) is 29.1 cm³/mol. The first-order valence-electron chi connectivity index (χ1n) is 2.94. The van der Waals surface area contributed by atoms with E-state index in [1.165, 1.54) is 0 Å². The van der Waals surface area contributed by atoms with Gasteiger partial charge in [-0.3, -0.25) is 5.32 Å². The largest absolute Gasteiger partial charge is 0.377 e. The van der Waals surface area contributed by atoms with Gasteiger partial charge in [-0.05, 0) is 12.8 Å². The van der Waals surface area contributed by atoms with E-state index in [1.807, 2.05) is 0 Å². The van der Waals surface area contributed by atoms with Gasteiger partial charge in [0.25, 0.3) is 0 Å². The predicted octanol–water partition coefficient (Wildman–Crippen LogP) is -1.23. The van der Waals surface area contributed by atoms with Crippen molar-refractivity contribution < 1.29 is 5.11 Å². The molecule has 3 fully saturated rings. The number of rotatable bonds is 0. The maximum atomic E-state index is 9.06. The highest BCUT2D eigenvalue weighted by Crippen LogP contribution is 2.38. The summed E-state index contributed by atoms with van der Waals surface area (Å²) >= 11 is 0. The number of nitrogens with one attached hydrogen (secondary N) is 1. The lowest BCUT2D eigenvalue weighted by Gasteiger charge is -2.33.